The number of fused-ring (bicyclic) bond motifs is 3. The Morgan fingerprint density at radius 2 is 1.47 bits per heavy atom. The molecule has 1 heterocycles. The summed E-state index contributed by atoms with van der Waals surface area (Å²) in [5.74, 6) is 0. The minimum absolute atomic E-state index is 1.10. The summed E-state index contributed by atoms with van der Waals surface area (Å²) in [6, 6.07) is 37.1. The van der Waals surface area contributed by atoms with Crippen molar-refractivity contribution in [3.8, 4) is 16.8 Å². The molecule has 0 fully saturated rings. The van der Waals surface area contributed by atoms with Gasteiger partial charge in [-0.05, 0) is 72.9 Å². The molecule has 0 amide bonds. The minimum Gasteiger partial charge on any atom is -0.345 e. The third-order valence-electron chi connectivity index (χ3n) is 6.92. The molecule has 0 atom stereocenters. The summed E-state index contributed by atoms with van der Waals surface area (Å²) >= 11 is 0. The highest BCUT2D eigenvalue weighted by Gasteiger charge is 2.17. The summed E-state index contributed by atoms with van der Waals surface area (Å²) in [4.78, 5) is 2.26. The average Bonchev–Trinajstić information content (AvgIpc) is 3.03. The molecule has 0 radical (unpaired) electrons. The van der Waals surface area contributed by atoms with E-state index in [-0.39, 0.29) is 0 Å². The molecule has 2 heteroatoms. The van der Waals surface area contributed by atoms with Crippen LogP contribution in [0, 0.1) is 0 Å². The van der Waals surface area contributed by atoms with E-state index in [4.69, 9.17) is 0 Å². The van der Waals surface area contributed by atoms with Gasteiger partial charge in [-0.15, -0.1) is 0 Å². The van der Waals surface area contributed by atoms with Crippen LogP contribution in [0.15, 0.2) is 109 Å². The standard InChI is InChI=1S/C32H28N2/c1-33(28-14-10-13-25(23-28)24-11-4-2-5-12-24)26-19-21-27(22-20-26)34-31-17-7-3-6-15-29(31)30-16-8-9-18-32(30)34/h2,4-6,8-16,18-23H,3,7,17H2,1H3. The quantitative estimate of drug-likeness (QED) is 0.272. The first-order chi connectivity index (χ1) is 16.8. The van der Waals surface area contributed by atoms with E-state index in [0.29, 0.717) is 0 Å². The highest BCUT2D eigenvalue weighted by molar-refractivity contribution is 5.93. The van der Waals surface area contributed by atoms with Crippen molar-refractivity contribution in [2.24, 2.45) is 0 Å². The third-order valence-corrected chi connectivity index (χ3v) is 6.92. The summed E-state index contributed by atoms with van der Waals surface area (Å²) < 4.78 is 2.46. The second-order valence-corrected chi connectivity index (χ2v) is 9.00. The Morgan fingerprint density at radius 3 is 2.32 bits per heavy atom. The average molecular weight is 441 g/mol. The first kappa shape index (κ1) is 20.6. The van der Waals surface area contributed by atoms with Gasteiger partial charge >= 0.3 is 0 Å². The molecule has 0 saturated heterocycles. The van der Waals surface area contributed by atoms with Gasteiger partial charge in [0.25, 0.3) is 0 Å². The van der Waals surface area contributed by atoms with Crippen LogP contribution in [0.4, 0.5) is 11.4 Å². The van der Waals surface area contributed by atoms with Crippen LogP contribution in [0.2, 0.25) is 0 Å². The van der Waals surface area contributed by atoms with Crippen molar-refractivity contribution in [1.29, 1.82) is 0 Å². The lowest BCUT2D eigenvalue weighted by Gasteiger charge is -2.21. The normalized spacial score (nSPS) is 13.0. The molecule has 1 aromatic heterocycles. The fourth-order valence-corrected chi connectivity index (χ4v) is 5.13. The molecule has 0 saturated carbocycles. The van der Waals surface area contributed by atoms with Crippen LogP contribution in [0.3, 0.4) is 0 Å². The highest BCUT2D eigenvalue weighted by atomic mass is 15.1. The molecule has 0 aliphatic heterocycles. The van der Waals surface area contributed by atoms with Gasteiger partial charge in [-0.3, -0.25) is 0 Å². The zero-order valence-electron chi connectivity index (χ0n) is 19.5. The maximum Gasteiger partial charge on any atom is 0.0537 e. The summed E-state index contributed by atoms with van der Waals surface area (Å²) in [7, 11) is 2.14. The minimum atomic E-state index is 1.10. The number of hydrogen-bond acceptors (Lipinski definition) is 1. The first-order valence-electron chi connectivity index (χ1n) is 12.1. The van der Waals surface area contributed by atoms with Crippen LogP contribution >= 0.6 is 0 Å². The van der Waals surface area contributed by atoms with Gasteiger partial charge in [-0.25, -0.2) is 0 Å². The molecular formula is C32H28N2. The number of allylic oxidation sites excluding steroid dienone is 1. The molecule has 166 valence electrons. The zero-order valence-corrected chi connectivity index (χ0v) is 19.5. The summed E-state index contributed by atoms with van der Waals surface area (Å²) in [5.41, 5.74) is 10.1. The molecule has 1 aliphatic rings. The molecule has 0 N–H and O–H groups in total. The van der Waals surface area contributed by atoms with Crippen molar-refractivity contribution < 1.29 is 0 Å². The molecular weight excluding hydrogens is 412 g/mol. The van der Waals surface area contributed by atoms with E-state index in [0.717, 1.165) is 12.8 Å². The fraction of sp³-hybridized carbons (Fsp3) is 0.125. The zero-order chi connectivity index (χ0) is 22.9. The molecule has 4 aromatic carbocycles. The van der Waals surface area contributed by atoms with Crippen LogP contribution in [0.5, 0.6) is 0 Å². The van der Waals surface area contributed by atoms with E-state index in [2.05, 4.69) is 132 Å². The summed E-state index contributed by atoms with van der Waals surface area (Å²) in [6.45, 7) is 0. The predicted octanol–water partition coefficient (Wildman–Crippen LogP) is 8.41. The van der Waals surface area contributed by atoms with Crippen LogP contribution < -0.4 is 4.90 Å². The van der Waals surface area contributed by atoms with E-state index in [1.807, 2.05) is 0 Å². The van der Waals surface area contributed by atoms with Crippen molar-refractivity contribution in [3.63, 3.8) is 0 Å². The van der Waals surface area contributed by atoms with Crippen LogP contribution in [0.25, 0.3) is 33.8 Å². The largest absolute Gasteiger partial charge is 0.345 e. The van der Waals surface area contributed by atoms with E-state index < -0.39 is 0 Å². The Labute approximate surface area is 201 Å². The maximum absolute atomic E-state index is 2.46. The predicted molar refractivity (Wildman–Crippen MR) is 145 cm³/mol. The second kappa shape index (κ2) is 8.72. The van der Waals surface area contributed by atoms with Gasteiger partial charge in [0.1, 0.15) is 0 Å². The lowest BCUT2D eigenvalue weighted by molar-refractivity contribution is 0.807. The Bertz CT molecular complexity index is 1470. The number of rotatable bonds is 4. The Kier molecular flexibility index (Phi) is 5.27. The monoisotopic (exact) mass is 440 g/mol. The Hall–Kier alpha value is -4.04. The molecule has 0 spiro atoms. The number of para-hydroxylation sites is 1. The van der Waals surface area contributed by atoms with Crippen LogP contribution in [-0.4, -0.2) is 11.6 Å². The van der Waals surface area contributed by atoms with Crippen LogP contribution in [-0.2, 0) is 6.42 Å². The van der Waals surface area contributed by atoms with E-state index in [1.165, 1.54) is 56.8 Å². The molecule has 6 rings (SSSR count). The van der Waals surface area contributed by atoms with Crippen molar-refractivity contribution in [2.75, 3.05) is 11.9 Å². The summed E-state index contributed by atoms with van der Waals surface area (Å²) in [5, 5.41) is 1.34. The van der Waals surface area contributed by atoms with Gasteiger partial charge in [-0.2, -0.15) is 0 Å². The summed E-state index contributed by atoms with van der Waals surface area (Å²) in [6.07, 6.45) is 8.09. The molecule has 0 unspecified atom stereocenters. The van der Waals surface area contributed by atoms with Gasteiger partial charge in [0, 0.05) is 40.8 Å². The molecule has 2 nitrogen and oxygen atoms in total. The van der Waals surface area contributed by atoms with Crippen molar-refractivity contribution in [3.05, 3.63) is 120 Å². The van der Waals surface area contributed by atoms with Crippen LogP contribution in [0.1, 0.15) is 24.1 Å². The molecule has 0 bridgehead atoms. The van der Waals surface area contributed by atoms with Crippen molar-refractivity contribution in [1.82, 2.24) is 4.57 Å². The molecule has 1 aliphatic carbocycles. The number of benzene rings is 4. The maximum atomic E-state index is 2.46. The van der Waals surface area contributed by atoms with Gasteiger partial charge in [0.2, 0.25) is 0 Å². The smallest absolute Gasteiger partial charge is 0.0537 e. The Morgan fingerprint density at radius 1 is 0.706 bits per heavy atom. The number of anilines is 2. The number of aromatic nitrogens is 1. The second-order valence-electron chi connectivity index (χ2n) is 9.00. The van der Waals surface area contributed by atoms with Gasteiger partial charge in [0.05, 0.1) is 5.52 Å². The molecule has 5 aromatic rings. The number of nitrogens with zero attached hydrogens (tertiary/aromatic N) is 2. The Balaban J connectivity index is 1.36. The van der Waals surface area contributed by atoms with Gasteiger partial charge in [0.15, 0.2) is 0 Å². The van der Waals surface area contributed by atoms with Gasteiger partial charge < -0.3 is 9.47 Å². The van der Waals surface area contributed by atoms with Gasteiger partial charge in [-0.1, -0.05) is 72.8 Å². The van der Waals surface area contributed by atoms with E-state index in [1.54, 1.807) is 0 Å². The molecule has 34 heavy (non-hydrogen) atoms. The van der Waals surface area contributed by atoms with E-state index >= 15 is 0 Å². The first-order valence-corrected chi connectivity index (χ1v) is 12.1. The SMILES string of the molecule is CN(c1ccc(-n2c3c(c4ccccc42)C=CCCC3)cc1)c1cccc(-c2ccccc2)c1. The van der Waals surface area contributed by atoms with Crippen molar-refractivity contribution >= 4 is 28.4 Å². The van der Waals surface area contributed by atoms with Crippen molar-refractivity contribution in [2.45, 2.75) is 19.3 Å². The lowest BCUT2D eigenvalue weighted by atomic mass is 10.0. The lowest BCUT2D eigenvalue weighted by Crippen LogP contribution is -2.09. The number of hydrogen-bond donors (Lipinski definition) is 0. The topological polar surface area (TPSA) is 8.17 Å². The fourth-order valence-electron chi connectivity index (χ4n) is 5.13. The van der Waals surface area contributed by atoms with E-state index in [9.17, 15) is 0 Å². The highest BCUT2D eigenvalue weighted by Crippen LogP contribution is 2.34. The third kappa shape index (κ3) is 3.62.